The SMILES string of the molecule is Cc1ccc([C@H]2CN(C(=O)c3cc(-c4ccccc4)n[nH]3)C[C@@H]2N(C)C)cc1. The zero-order chi connectivity index (χ0) is 19.7. The molecular weight excluding hydrogens is 348 g/mol. The molecular formula is C23H26N4O. The van der Waals surface area contributed by atoms with Crippen molar-refractivity contribution in [3.05, 3.63) is 77.5 Å². The van der Waals surface area contributed by atoms with Crippen LogP contribution in [0.4, 0.5) is 0 Å². The average Bonchev–Trinajstić information content (AvgIpc) is 3.37. The number of aromatic nitrogens is 2. The molecule has 2 aromatic carbocycles. The summed E-state index contributed by atoms with van der Waals surface area (Å²) >= 11 is 0. The van der Waals surface area contributed by atoms with E-state index in [1.165, 1.54) is 11.1 Å². The Bertz CT molecular complexity index is 946. The van der Waals surface area contributed by atoms with E-state index in [-0.39, 0.29) is 5.91 Å². The van der Waals surface area contributed by atoms with Crippen LogP contribution in [0.25, 0.3) is 11.3 Å². The topological polar surface area (TPSA) is 52.2 Å². The number of H-pyrrole nitrogens is 1. The third-order valence-electron chi connectivity index (χ3n) is 5.62. The molecule has 1 aromatic heterocycles. The van der Waals surface area contributed by atoms with Gasteiger partial charge >= 0.3 is 0 Å². The zero-order valence-corrected chi connectivity index (χ0v) is 16.6. The minimum Gasteiger partial charge on any atom is -0.335 e. The largest absolute Gasteiger partial charge is 0.335 e. The summed E-state index contributed by atoms with van der Waals surface area (Å²) in [6.07, 6.45) is 0. The molecule has 1 amide bonds. The molecule has 3 aromatic rings. The molecule has 2 heterocycles. The second-order valence-corrected chi connectivity index (χ2v) is 7.79. The third kappa shape index (κ3) is 3.58. The summed E-state index contributed by atoms with van der Waals surface area (Å²) < 4.78 is 0. The number of amides is 1. The van der Waals surface area contributed by atoms with Crippen molar-refractivity contribution in [3.8, 4) is 11.3 Å². The lowest BCUT2D eigenvalue weighted by molar-refractivity contribution is 0.0776. The number of nitrogens with zero attached hydrogens (tertiary/aromatic N) is 3. The molecule has 2 atom stereocenters. The number of nitrogens with one attached hydrogen (secondary N) is 1. The molecule has 0 radical (unpaired) electrons. The molecule has 1 fully saturated rings. The third-order valence-corrected chi connectivity index (χ3v) is 5.62. The van der Waals surface area contributed by atoms with Gasteiger partial charge in [0.2, 0.25) is 0 Å². The first kappa shape index (κ1) is 18.4. The van der Waals surface area contributed by atoms with Crippen LogP contribution in [-0.4, -0.2) is 59.1 Å². The molecule has 0 unspecified atom stereocenters. The van der Waals surface area contributed by atoms with Crippen molar-refractivity contribution in [2.45, 2.75) is 18.9 Å². The molecule has 4 rings (SSSR count). The summed E-state index contributed by atoms with van der Waals surface area (Å²) in [6.45, 7) is 3.52. The molecule has 0 aliphatic carbocycles. The molecule has 0 spiro atoms. The van der Waals surface area contributed by atoms with Crippen LogP contribution >= 0.6 is 0 Å². The fourth-order valence-electron chi connectivity index (χ4n) is 3.98. The van der Waals surface area contributed by atoms with Crippen molar-refractivity contribution in [2.75, 3.05) is 27.2 Å². The van der Waals surface area contributed by atoms with Gasteiger partial charge in [-0.3, -0.25) is 9.89 Å². The Morgan fingerprint density at radius 1 is 1.07 bits per heavy atom. The van der Waals surface area contributed by atoms with Gasteiger partial charge in [0.05, 0.1) is 5.69 Å². The van der Waals surface area contributed by atoms with Gasteiger partial charge in [-0.1, -0.05) is 60.2 Å². The smallest absolute Gasteiger partial charge is 0.271 e. The monoisotopic (exact) mass is 374 g/mol. The lowest BCUT2D eigenvalue weighted by atomic mass is 9.93. The maximum atomic E-state index is 13.1. The number of aromatic amines is 1. The maximum absolute atomic E-state index is 13.1. The lowest BCUT2D eigenvalue weighted by Crippen LogP contribution is -2.36. The zero-order valence-electron chi connectivity index (χ0n) is 16.6. The first-order chi connectivity index (χ1) is 13.5. The molecule has 28 heavy (non-hydrogen) atoms. The van der Waals surface area contributed by atoms with Gasteiger partial charge in [0.1, 0.15) is 5.69 Å². The highest BCUT2D eigenvalue weighted by Crippen LogP contribution is 2.31. The average molecular weight is 374 g/mol. The van der Waals surface area contributed by atoms with Crippen molar-refractivity contribution in [3.63, 3.8) is 0 Å². The van der Waals surface area contributed by atoms with E-state index in [1.807, 2.05) is 41.3 Å². The lowest BCUT2D eigenvalue weighted by Gasteiger charge is -2.25. The number of aryl methyl sites for hydroxylation is 1. The predicted molar refractivity (Wildman–Crippen MR) is 111 cm³/mol. The van der Waals surface area contributed by atoms with Gasteiger partial charge in [0.25, 0.3) is 5.91 Å². The van der Waals surface area contributed by atoms with Crippen molar-refractivity contribution in [1.29, 1.82) is 0 Å². The summed E-state index contributed by atoms with van der Waals surface area (Å²) in [7, 11) is 4.17. The van der Waals surface area contributed by atoms with Gasteiger partial charge < -0.3 is 9.80 Å². The highest BCUT2D eigenvalue weighted by atomic mass is 16.2. The first-order valence-corrected chi connectivity index (χ1v) is 9.66. The Labute approximate surface area is 166 Å². The van der Waals surface area contributed by atoms with E-state index in [1.54, 1.807) is 0 Å². The molecule has 1 aliphatic rings. The number of likely N-dealkylation sites (N-methyl/N-ethyl adjacent to an activating group) is 1. The maximum Gasteiger partial charge on any atom is 0.271 e. The molecule has 1 saturated heterocycles. The minimum absolute atomic E-state index is 0.0103. The van der Waals surface area contributed by atoms with Gasteiger partial charge in [-0.25, -0.2) is 0 Å². The van der Waals surface area contributed by atoms with Crippen LogP contribution in [0, 0.1) is 6.92 Å². The Kier molecular flexibility index (Phi) is 5.01. The van der Waals surface area contributed by atoms with E-state index < -0.39 is 0 Å². The van der Waals surface area contributed by atoms with Crippen LogP contribution in [0.5, 0.6) is 0 Å². The highest BCUT2D eigenvalue weighted by Gasteiger charge is 2.38. The van der Waals surface area contributed by atoms with Crippen LogP contribution in [0.1, 0.15) is 27.5 Å². The molecule has 0 saturated carbocycles. The minimum atomic E-state index is 0.0103. The normalized spacial score (nSPS) is 19.4. The van der Waals surface area contributed by atoms with Gasteiger partial charge in [-0.15, -0.1) is 0 Å². The summed E-state index contributed by atoms with van der Waals surface area (Å²) in [4.78, 5) is 17.3. The van der Waals surface area contributed by atoms with Crippen molar-refractivity contribution >= 4 is 5.91 Å². The van der Waals surface area contributed by atoms with Crippen LogP contribution in [-0.2, 0) is 0 Å². The van der Waals surface area contributed by atoms with Crippen LogP contribution in [0.15, 0.2) is 60.7 Å². The number of carbonyl (C=O) groups is 1. The molecule has 5 heteroatoms. The predicted octanol–water partition coefficient (Wildman–Crippen LogP) is 3.55. The van der Waals surface area contributed by atoms with Crippen molar-refractivity contribution in [1.82, 2.24) is 20.0 Å². The second-order valence-electron chi connectivity index (χ2n) is 7.79. The second kappa shape index (κ2) is 7.60. The molecule has 1 aliphatic heterocycles. The van der Waals surface area contributed by atoms with E-state index >= 15 is 0 Å². The van der Waals surface area contributed by atoms with Gasteiger partial charge in [0.15, 0.2) is 0 Å². The van der Waals surface area contributed by atoms with Gasteiger partial charge in [0, 0.05) is 30.6 Å². The summed E-state index contributed by atoms with van der Waals surface area (Å²) in [5, 5.41) is 7.27. The molecule has 144 valence electrons. The fraction of sp³-hybridized carbons (Fsp3) is 0.304. The van der Waals surface area contributed by atoms with Crippen LogP contribution in [0.2, 0.25) is 0 Å². The van der Waals surface area contributed by atoms with Crippen LogP contribution in [0.3, 0.4) is 0 Å². The fourth-order valence-corrected chi connectivity index (χ4v) is 3.98. The number of likely N-dealkylation sites (tertiary alicyclic amines) is 1. The van der Waals surface area contributed by atoms with Crippen molar-refractivity contribution in [2.24, 2.45) is 0 Å². The van der Waals surface area contributed by atoms with E-state index in [2.05, 4.69) is 60.4 Å². The van der Waals surface area contributed by atoms with E-state index in [4.69, 9.17) is 0 Å². The quantitative estimate of drug-likeness (QED) is 0.760. The summed E-state index contributed by atoms with van der Waals surface area (Å²) in [5.41, 5.74) is 4.88. The molecule has 0 bridgehead atoms. The number of hydrogen-bond acceptors (Lipinski definition) is 3. The van der Waals surface area contributed by atoms with E-state index in [0.29, 0.717) is 30.7 Å². The standard InChI is InChI=1S/C23H26N4O/c1-16-9-11-17(12-10-16)19-14-27(15-22(19)26(2)3)23(28)21-13-20(24-25-21)18-7-5-4-6-8-18/h4-13,19,22H,14-15H2,1-3H3,(H,24,25)/t19-,22+/m1/s1. The summed E-state index contributed by atoms with van der Waals surface area (Å²) in [6, 6.07) is 20.7. The molecule has 5 nitrogen and oxygen atoms in total. The van der Waals surface area contributed by atoms with E-state index in [9.17, 15) is 4.79 Å². The number of hydrogen-bond donors (Lipinski definition) is 1. The number of benzene rings is 2. The first-order valence-electron chi connectivity index (χ1n) is 9.66. The van der Waals surface area contributed by atoms with E-state index in [0.717, 1.165) is 11.3 Å². The van der Waals surface area contributed by atoms with Crippen LogP contribution < -0.4 is 0 Å². The Morgan fingerprint density at radius 2 is 1.79 bits per heavy atom. The Balaban J connectivity index is 1.55. The summed E-state index contributed by atoms with van der Waals surface area (Å²) in [5.74, 6) is 0.312. The van der Waals surface area contributed by atoms with Gasteiger partial charge in [-0.2, -0.15) is 5.10 Å². The number of rotatable bonds is 4. The van der Waals surface area contributed by atoms with Gasteiger partial charge in [-0.05, 0) is 32.6 Å². The Morgan fingerprint density at radius 3 is 2.46 bits per heavy atom. The molecule has 1 N–H and O–H groups in total. The Hall–Kier alpha value is -2.92. The number of carbonyl (C=O) groups excluding carboxylic acids is 1. The highest BCUT2D eigenvalue weighted by molar-refractivity contribution is 5.93. The van der Waals surface area contributed by atoms with Crippen molar-refractivity contribution < 1.29 is 4.79 Å².